The van der Waals surface area contributed by atoms with Crippen LogP contribution in [0.3, 0.4) is 0 Å². The fourth-order valence-electron chi connectivity index (χ4n) is 0.450. The highest BCUT2D eigenvalue weighted by Gasteiger charge is 1.84. The molecule has 0 aliphatic heterocycles. The van der Waals surface area contributed by atoms with Crippen LogP contribution >= 0.6 is 12.4 Å². The fraction of sp³-hybridized carbons (Fsp3) is 0.286. The molecule has 0 atom stereocenters. The zero-order chi connectivity index (χ0) is 7.98. The fourth-order valence-corrected chi connectivity index (χ4v) is 0.450. The Morgan fingerprint density at radius 2 is 1.91 bits per heavy atom. The maximum Gasteiger partial charge on any atom is 0.141 e. The molecule has 1 rings (SSSR count). The van der Waals surface area contributed by atoms with E-state index in [2.05, 4.69) is 4.98 Å². The number of aliphatic hydroxyl groups is 1. The summed E-state index contributed by atoms with van der Waals surface area (Å²) < 4.78 is 12.0. The molecule has 0 bridgehead atoms. The topological polar surface area (TPSA) is 33.1 Å². The van der Waals surface area contributed by atoms with Gasteiger partial charge in [-0.05, 0) is 19.1 Å². The van der Waals surface area contributed by atoms with Gasteiger partial charge in [-0.2, -0.15) is 0 Å². The highest BCUT2D eigenvalue weighted by molar-refractivity contribution is 5.85. The molecular formula is C7H11ClFNO. The van der Waals surface area contributed by atoms with Gasteiger partial charge in [0.15, 0.2) is 0 Å². The standard InChI is InChI=1S/C6H6FN.CH4O.ClH/c1-5-2-3-6(7)4-8-5;1-2;/h2-4H,1H3;2H,1H3;1H. The number of aryl methyl sites for hydroxylation is 1. The van der Waals surface area contributed by atoms with Crippen molar-refractivity contribution in [1.82, 2.24) is 4.98 Å². The molecule has 1 aromatic rings. The molecule has 64 valence electrons. The first-order valence-electron chi connectivity index (χ1n) is 2.82. The predicted octanol–water partition coefficient (Wildman–Crippen LogP) is 1.56. The van der Waals surface area contributed by atoms with Crippen molar-refractivity contribution < 1.29 is 9.50 Å². The van der Waals surface area contributed by atoms with E-state index in [0.29, 0.717) is 0 Å². The van der Waals surface area contributed by atoms with Gasteiger partial charge >= 0.3 is 0 Å². The lowest BCUT2D eigenvalue weighted by Crippen LogP contribution is -1.79. The Hall–Kier alpha value is -0.670. The van der Waals surface area contributed by atoms with Crippen LogP contribution in [0.1, 0.15) is 5.69 Å². The Bertz CT molecular complexity index is 157. The van der Waals surface area contributed by atoms with Crippen LogP contribution in [0.2, 0.25) is 0 Å². The third-order valence-electron chi connectivity index (χ3n) is 0.875. The monoisotopic (exact) mass is 179 g/mol. The van der Waals surface area contributed by atoms with Gasteiger partial charge in [-0.1, -0.05) is 0 Å². The Morgan fingerprint density at radius 1 is 1.36 bits per heavy atom. The number of hydrogen-bond acceptors (Lipinski definition) is 2. The third kappa shape index (κ3) is 5.76. The number of halogens is 2. The summed E-state index contributed by atoms with van der Waals surface area (Å²) in [5.74, 6) is -0.282. The lowest BCUT2D eigenvalue weighted by Gasteiger charge is -1.86. The highest BCUT2D eigenvalue weighted by Crippen LogP contribution is 1.94. The van der Waals surface area contributed by atoms with Crippen molar-refractivity contribution in [2.45, 2.75) is 6.92 Å². The summed E-state index contributed by atoms with van der Waals surface area (Å²) in [5.41, 5.74) is 0.839. The summed E-state index contributed by atoms with van der Waals surface area (Å²) >= 11 is 0. The Morgan fingerprint density at radius 3 is 2.18 bits per heavy atom. The second-order valence-corrected chi connectivity index (χ2v) is 1.62. The minimum Gasteiger partial charge on any atom is -0.400 e. The molecule has 1 heterocycles. The molecule has 2 nitrogen and oxygen atoms in total. The zero-order valence-electron chi connectivity index (χ0n) is 6.41. The van der Waals surface area contributed by atoms with Crippen molar-refractivity contribution in [2.24, 2.45) is 0 Å². The van der Waals surface area contributed by atoms with Gasteiger partial charge in [-0.25, -0.2) is 4.39 Å². The number of nitrogens with zero attached hydrogens (tertiary/aromatic N) is 1. The van der Waals surface area contributed by atoms with Gasteiger partial charge in [0.1, 0.15) is 5.82 Å². The maximum atomic E-state index is 12.0. The average Bonchev–Trinajstić information content (AvgIpc) is 2.00. The number of aromatic nitrogens is 1. The van der Waals surface area contributed by atoms with Gasteiger partial charge in [-0.3, -0.25) is 4.98 Å². The van der Waals surface area contributed by atoms with Crippen LogP contribution in [0.4, 0.5) is 4.39 Å². The molecule has 0 radical (unpaired) electrons. The van der Waals surface area contributed by atoms with E-state index in [1.807, 2.05) is 6.92 Å². The molecule has 0 unspecified atom stereocenters. The molecule has 11 heavy (non-hydrogen) atoms. The summed E-state index contributed by atoms with van der Waals surface area (Å²) in [6.07, 6.45) is 1.20. The highest BCUT2D eigenvalue weighted by atomic mass is 35.5. The van der Waals surface area contributed by atoms with Crippen LogP contribution in [0.5, 0.6) is 0 Å². The summed E-state index contributed by atoms with van der Waals surface area (Å²) in [7, 11) is 1.00. The molecule has 0 aromatic carbocycles. The van der Waals surface area contributed by atoms with E-state index in [1.54, 1.807) is 6.07 Å². The van der Waals surface area contributed by atoms with E-state index in [4.69, 9.17) is 5.11 Å². The molecule has 0 spiro atoms. The lowest BCUT2D eigenvalue weighted by atomic mass is 10.4. The van der Waals surface area contributed by atoms with E-state index in [-0.39, 0.29) is 18.2 Å². The van der Waals surface area contributed by atoms with E-state index < -0.39 is 0 Å². The van der Waals surface area contributed by atoms with Crippen LogP contribution in [-0.4, -0.2) is 17.2 Å². The second-order valence-electron chi connectivity index (χ2n) is 1.62. The summed E-state index contributed by atoms with van der Waals surface area (Å²) in [6.45, 7) is 1.82. The first kappa shape index (κ1) is 13.0. The summed E-state index contributed by atoms with van der Waals surface area (Å²) in [6, 6.07) is 3.03. The summed E-state index contributed by atoms with van der Waals surface area (Å²) in [5, 5.41) is 7.00. The van der Waals surface area contributed by atoms with Gasteiger partial charge in [0, 0.05) is 12.8 Å². The van der Waals surface area contributed by atoms with Crippen molar-refractivity contribution in [3.63, 3.8) is 0 Å². The van der Waals surface area contributed by atoms with Gasteiger partial charge in [0.2, 0.25) is 0 Å². The predicted molar refractivity (Wildman–Crippen MR) is 44.3 cm³/mol. The van der Waals surface area contributed by atoms with Crippen molar-refractivity contribution in [3.8, 4) is 0 Å². The van der Waals surface area contributed by atoms with Crippen LogP contribution < -0.4 is 0 Å². The normalized spacial score (nSPS) is 7.27. The smallest absolute Gasteiger partial charge is 0.141 e. The van der Waals surface area contributed by atoms with Crippen LogP contribution in [0.25, 0.3) is 0 Å². The molecule has 0 fully saturated rings. The van der Waals surface area contributed by atoms with Crippen molar-refractivity contribution >= 4 is 12.4 Å². The summed E-state index contributed by atoms with van der Waals surface area (Å²) in [4.78, 5) is 3.70. The first-order valence-corrected chi connectivity index (χ1v) is 2.82. The van der Waals surface area contributed by atoms with Crippen LogP contribution in [-0.2, 0) is 0 Å². The average molecular weight is 180 g/mol. The molecule has 0 aliphatic carbocycles. The van der Waals surface area contributed by atoms with Gasteiger partial charge in [-0.15, -0.1) is 12.4 Å². The maximum absolute atomic E-state index is 12.0. The molecule has 1 N–H and O–H groups in total. The third-order valence-corrected chi connectivity index (χ3v) is 0.875. The molecule has 0 saturated heterocycles. The van der Waals surface area contributed by atoms with Crippen LogP contribution in [0, 0.1) is 12.7 Å². The SMILES string of the molecule is CO.Cc1ccc(F)cn1.Cl. The van der Waals surface area contributed by atoms with E-state index in [1.165, 1.54) is 12.3 Å². The van der Waals surface area contributed by atoms with Crippen LogP contribution in [0.15, 0.2) is 18.3 Å². The minimum atomic E-state index is -0.282. The van der Waals surface area contributed by atoms with Crippen molar-refractivity contribution in [2.75, 3.05) is 7.11 Å². The zero-order valence-corrected chi connectivity index (χ0v) is 7.23. The molecule has 1 aromatic heterocycles. The Balaban J connectivity index is 0. The lowest BCUT2D eigenvalue weighted by molar-refractivity contribution is 0.399. The van der Waals surface area contributed by atoms with E-state index >= 15 is 0 Å². The molecular weight excluding hydrogens is 169 g/mol. The molecule has 0 amide bonds. The second kappa shape index (κ2) is 7.44. The Kier molecular flexibility index (Phi) is 8.76. The van der Waals surface area contributed by atoms with E-state index in [0.717, 1.165) is 12.8 Å². The van der Waals surface area contributed by atoms with E-state index in [9.17, 15) is 4.39 Å². The number of pyridine rings is 1. The number of hydrogen-bond donors (Lipinski definition) is 1. The molecule has 0 saturated carbocycles. The molecule has 0 aliphatic rings. The largest absolute Gasteiger partial charge is 0.400 e. The minimum absolute atomic E-state index is 0. The van der Waals surface area contributed by atoms with Gasteiger partial charge in [0.25, 0.3) is 0 Å². The number of rotatable bonds is 0. The van der Waals surface area contributed by atoms with Gasteiger partial charge in [0.05, 0.1) is 6.20 Å². The van der Waals surface area contributed by atoms with Crippen molar-refractivity contribution in [1.29, 1.82) is 0 Å². The quantitative estimate of drug-likeness (QED) is 0.656. The van der Waals surface area contributed by atoms with Gasteiger partial charge < -0.3 is 5.11 Å². The molecule has 4 heteroatoms. The Labute approximate surface area is 71.5 Å². The van der Waals surface area contributed by atoms with Crippen molar-refractivity contribution in [3.05, 3.63) is 29.8 Å². The first-order chi connectivity index (χ1) is 4.79. The number of aliphatic hydroxyl groups excluding tert-OH is 1.